The number of rotatable bonds is 4. The number of anilines is 2. The molecule has 0 amide bonds. The van der Waals surface area contributed by atoms with E-state index in [4.69, 9.17) is 0 Å². The Hall–Kier alpha value is -2.18. The van der Waals surface area contributed by atoms with Gasteiger partial charge in [0.1, 0.15) is 0 Å². The molecule has 7 heteroatoms. The lowest BCUT2D eigenvalue weighted by molar-refractivity contribution is 0.788. The minimum Gasteiger partial charge on any atom is -0.354 e. The fourth-order valence-corrected chi connectivity index (χ4v) is 1.42. The molecule has 0 fully saturated rings. The zero-order valence-corrected chi connectivity index (χ0v) is 11.0. The first-order chi connectivity index (χ1) is 8.60. The Balaban J connectivity index is 2.45. The monoisotopic (exact) mass is 247 g/mol. The molecule has 2 aromatic heterocycles. The van der Waals surface area contributed by atoms with E-state index in [-0.39, 0.29) is 0 Å². The van der Waals surface area contributed by atoms with E-state index in [0.29, 0.717) is 17.8 Å². The van der Waals surface area contributed by atoms with Crippen molar-refractivity contribution in [2.24, 2.45) is 0 Å². The average Bonchev–Trinajstić information content (AvgIpc) is 2.76. The Bertz CT molecular complexity index is 532. The van der Waals surface area contributed by atoms with Crippen LogP contribution < -0.4 is 10.2 Å². The van der Waals surface area contributed by atoms with Gasteiger partial charge in [-0.2, -0.15) is 20.1 Å². The standard InChI is InChI=1S/C11H17N7/c1-5-12-9-14-10(17(3)4)16-11(15-9)18-7-8(2)6-13-18/h6-7H,5H2,1-4H3,(H,12,14,15,16). The highest BCUT2D eigenvalue weighted by atomic mass is 15.4. The molecule has 2 aromatic rings. The summed E-state index contributed by atoms with van der Waals surface area (Å²) < 4.78 is 1.64. The number of aromatic nitrogens is 5. The largest absolute Gasteiger partial charge is 0.354 e. The summed E-state index contributed by atoms with van der Waals surface area (Å²) in [6.45, 7) is 4.73. The van der Waals surface area contributed by atoms with Crippen LogP contribution in [-0.2, 0) is 0 Å². The molecule has 0 radical (unpaired) electrons. The Morgan fingerprint density at radius 3 is 2.61 bits per heavy atom. The van der Waals surface area contributed by atoms with Crippen LogP contribution in [0.2, 0.25) is 0 Å². The van der Waals surface area contributed by atoms with Gasteiger partial charge in [0.15, 0.2) is 0 Å². The SMILES string of the molecule is CCNc1nc(N(C)C)nc(-n2cc(C)cn2)n1. The molecule has 0 aliphatic rings. The lowest BCUT2D eigenvalue weighted by Gasteiger charge is -2.12. The van der Waals surface area contributed by atoms with Crippen LogP contribution in [0.4, 0.5) is 11.9 Å². The quantitative estimate of drug-likeness (QED) is 0.864. The Morgan fingerprint density at radius 2 is 2.06 bits per heavy atom. The minimum absolute atomic E-state index is 0.512. The highest BCUT2D eigenvalue weighted by molar-refractivity contribution is 5.38. The van der Waals surface area contributed by atoms with Crippen molar-refractivity contribution >= 4 is 11.9 Å². The molecule has 0 unspecified atom stereocenters. The van der Waals surface area contributed by atoms with Gasteiger partial charge in [0.05, 0.1) is 6.20 Å². The van der Waals surface area contributed by atoms with Gasteiger partial charge in [-0.15, -0.1) is 0 Å². The first-order valence-corrected chi connectivity index (χ1v) is 5.79. The van der Waals surface area contributed by atoms with E-state index in [1.54, 1.807) is 10.9 Å². The summed E-state index contributed by atoms with van der Waals surface area (Å²) in [6.07, 6.45) is 3.65. The van der Waals surface area contributed by atoms with Gasteiger partial charge in [0.2, 0.25) is 11.9 Å². The van der Waals surface area contributed by atoms with Gasteiger partial charge in [0, 0.05) is 26.8 Å². The Kier molecular flexibility index (Phi) is 3.40. The summed E-state index contributed by atoms with van der Waals surface area (Å²) in [5.41, 5.74) is 1.06. The van der Waals surface area contributed by atoms with Crippen LogP contribution in [0.1, 0.15) is 12.5 Å². The van der Waals surface area contributed by atoms with Crippen molar-refractivity contribution in [1.82, 2.24) is 24.7 Å². The fraction of sp³-hybridized carbons (Fsp3) is 0.455. The molecule has 0 bridgehead atoms. The third-order valence-corrected chi connectivity index (χ3v) is 2.26. The van der Waals surface area contributed by atoms with Gasteiger partial charge < -0.3 is 10.2 Å². The zero-order valence-electron chi connectivity index (χ0n) is 11.0. The maximum atomic E-state index is 4.36. The number of hydrogen-bond donors (Lipinski definition) is 1. The van der Waals surface area contributed by atoms with Crippen LogP contribution in [0.3, 0.4) is 0 Å². The van der Waals surface area contributed by atoms with Gasteiger partial charge in [-0.1, -0.05) is 0 Å². The van der Waals surface area contributed by atoms with Crippen molar-refractivity contribution in [3.63, 3.8) is 0 Å². The van der Waals surface area contributed by atoms with Gasteiger partial charge in [-0.25, -0.2) is 4.68 Å². The second kappa shape index (κ2) is 4.99. The molecular weight excluding hydrogens is 230 g/mol. The molecule has 96 valence electrons. The van der Waals surface area contributed by atoms with Gasteiger partial charge in [-0.05, 0) is 19.4 Å². The smallest absolute Gasteiger partial charge is 0.257 e. The van der Waals surface area contributed by atoms with Crippen LogP contribution in [0.5, 0.6) is 0 Å². The second-order valence-electron chi connectivity index (χ2n) is 4.15. The minimum atomic E-state index is 0.512. The van der Waals surface area contributed by atoms with Crippen molar-refractivity contribution in [3.05, 3.63) is 18.0 Å². The molecule has 0 aromatic carbocycles. The van der Waals surface area contributed by atoms with Crippen molar-refractivity contribution < 1.29 is 0 Å². The van der Waals surface area contributed by atoms with Crippen LogP contribution in [0.25, 0.3) is 5.95 Å². The normalized spacial score (nSPS) is 10.4. The predicted molar refractivity (Wildman–Crippen MR) is 70.2 cm³/mol. The molecular formula is C11H17N7. The molecule has 1 N–H and O–H groups in total. The summed E-state index contributed by atoms with van der Waals surface area (Å²) in [5.74, 6) is 1.67. The molecule has 0 atom stereocenters. The van der Waals surface area contributed by atoms with Crippen LogP contribution >= 0.6 is 0 Å². The zero-order chi connectivity index (χ0) is 13.1. The molecule has 0 saturated heterocycles. The lowest BCUT2D eigenvalue weighted by Crippen LogP contribution is -2.17. The molecule has 0 aliphatic heterocycles. The third kappa shape index (κ3) is 2.55. The third-order valence-electron chi connectivity index (χ3n) is 2.26. The van der Waals surface area contributed by atoms with Crippen molar-refractivity contribution in [2.75, 3.05) is 30.9 Å². The highest BCUT2D eigenvalue weighted by Crippen LogP contribution is 2.11. The van der Waals surface area contributed by atoms with E-state index in [9.17, 15) is 0 Å². The Labute approximate surface area is 106 Å². The van der Waals surface area contributed by atoms with E-state index in [1.807, 2.05) is 39.0 Å². The lowest BCUT2D eigenvalue weighted by atomic mass is 10.4. The first kappa shape index (κ1) is 12.3. The van der Waals surface area contributed by atoms with Crippen LogP contribution in [0, 0.1) is 6.92 Å². The van der Waals surface area contributed by atoms with E-state index >= 15 is 0 Å². The summed E-state index contributed by atoms with van der Waals surface area (Å²) in [5, 5.41) is 7.30. The summed E-state index contributed by atoms with van der Waals surface area (Å²) in [7, 11) is 3.78. The highest BCUT2D eigenvalue weighted by Gasteiger charge is 2.09. The van der Waals surface area contributed by atoms with E-state index in [0.717, 1.165) is 12.1 Å². The first-order valence-electron chi connectivity index (χ1n) is 5.79. The number of aryl methyl sites for hydroxylation is 1. The van der Waals surface area contributed by atoms with Crippen LogP contribution in [0.15, 0.2) is 12.4 Å². The van der Waals surface area contributed by atoms with E-state index in [2.05, 4.69) is 25.4 Å². The molecule has 2 heterocycles. The summed E-state index contributed by atoms with van der Waals surface area (Å²) in [6, 6.07) is 0. The van der Waals surface area contributed by atoms with Gasteiger partial charge in [0.25, 0.3) is 5.95 Å². The number of nitrogens with one attached hydrogen (secondary N) is 1. The van der Waals surface area contributed by atoms with Crippen molar-refractivity contribution in [3.8, 4) is 5.95 Å². The van der Waals surface area contributed by atoms with E-state index in [1.165, 1.54) is 0 Å². The van der Waals surface area contributed by atoms with Crippen molar-refractivity contribution in [1.29, 1.82) is 0 Å². The molecule has 7 nitrogen and oxygen atoms in total. The molecule has 18 heavy (non-hydrogen) atoms. The fourth-order valence-electron chi connectivity index (χ4n) is 1.42. The summed E-state index contributed by atoms with van der Waals surface area (Å²) in [4.78, 5) is 14.8. The van der Waals surface area contributed by atoms with Crippen LogP contribution in [-0.4, -0.2) is 45.4 Å². The maximum absolute atomic E-state index is 4.36. The average molecular weight is 247 g/mol. The summed E-state index contributed by atoms with van der Waals surface area (Å²) >= 11 is 0. The molecule has 0 aliphatic carbocycles. The predicted octanol–water partition coefficient (Wildman–Crippen LogP) is 0.864. The van der Waals surface area contributed by atoms with Gasteiger partial charge >= 0.3 is 0 Å². The number of hydrogen-bond acceptors (Lipinski definition) is 6. The molecule has 0 spiro atoms. The molecule has 2 rings (SSSR count). The maximum Gasteiger partial charge on any atom is 0.257 e. The van der Waals surface area contributed by atoms with E-state index < -0.39 is 0 Å². The Morgan fingerprint density at radius 1 is 1.28 bits per heavy atom. The topological polar surface area (TPSA) is 71.8 Å². The second-order valence-corrected chi connectivity index (χ2v) is 4.15. The number of nitrogens with zero attached hydrogens (tertiary/aromatic N) is 6. The van der Waals surface area contributed by atoms with Gasteiger partial charge in [-0.3, -0.25) is 0 Å². The van der Waals surface area contributed by atoms with Crippen molar-refractivity contribution in [2.45, 2.75) is 13.8 Å². The molecule has 0 saturated carbocycles.